The highest BCUT2D eigenvalue weighted by Gasteiger charge is 2.01. The molecule has 1 nitrogen and oxygen atoms in total. The summed E-state index contributed by atoms with van der Waals surface area (Å²) in [5.41, 5.74) is 0. The molecule has 11 heavy (non-hydrogen) atoms. The van der Waals surface area contributed by atoms with Crippen molar-refractivity contribution in [3.8, 4) is 0 Å². The van der Waals surface area contributed by atoms with Gasteiger partial charge in [0.25, 0.3) is 0 Å². The lowest BCUT2D eigenvalue weighted by Gasteiger charge is -2.16. The van der Waals surface area contributed by atoms with E-state index in [0.29, 0.717) is 0 Å². The van der Waals surface area contributed by atoms with E-state index in [9.17, 15) is 0 Å². The van der Waals surface area contributed by atoms with Crippen molar-refractivity contribution in [3.05, 3.63) is 0 Å². The molecule has 0 radical (unpaired) electrons. The van der Waals surface area contributed by atoms with Crippen molar-refractivity contribution in [3.63, 3.8) is 0 Å². The zero-order valence-electron chi connectivity index (χ0n) is 8.15. The Balaban J connectivity index is 0. The second-order valence-corrected chi connectivity index (χ2v) is 3.00. The van der Waals surface area contributed by atoms with Crippen molar-refractivity contribution >= 4 is 12.4 Å². The van der Waals surface area contributed by atoms with E-state index in [-0.39, 0.29) is 12.4 Å². The molecule has 70 valence electrons. The van der Waals surface area contributed by atoms with Crippen LogP contribution in [0.25, 0.3) is 0 Å². The number of nitrogens with one attached hydrogen (secondary N) is 1. The van der Waals surface area contributed by atoms with Crippen LogP contribution >= 0.6 is 12.4 Å². The lowest BCUT2D eigenvalue weighted by atomic mass is 10.3. The van der Waals surface area contributed by atoms with Crippen molar-refractivity contribution in [1.82, 2.24) is 0 Å². The van der Waals surface area contributed by atoms with Gasteiger partial charge in [-0.3, -0.25) is 0 Å². The van der Waals surface area contributed by atoms with Gasteiger partial charge in [0.15, 0.2) is 0 Å². The summed E-state index contributed by atoms with van der Waals surface area (Å²) < 4.78 is 0. The minimum atomic E-state index is 0. The Bertz CT molecular complexity index is 52.3. The molecule has 0 unspecified atom stereocenters. The number of hydrogen-bond acceptors (Lipinski definition) is 0. The predicted octanol–water partition coefficient (Wildman–Crippen LogP) is 1.52. The van der Waals surface area contributed by atoms with Gasteiger partial charge in [0.2, 0.25) is 0 Å². The minimum Gasteiger partial charge on any atom is -0.335 e. The Kier molecular flexibility index (Phi) is 12.9. The van der Waals surface area contributed by atoms with E-state index in [1.54, 1.807) is 4.90 Å². The Morgan fingerprint density at radius 3 is 1.18 bits per heavy atom. The molecule has 0 spiro atoms. The topological polar surface area (TPSA) is 4.44 Å². The van der Waals surface area contributed by atoms with Crippen LogP contribution in [0.1, 0.15) is 40.0 Å². The van der Waals surface area contributed by atoms with Crippen LogP contribution in [-0.2, 0) is 0 Å². The summed E-state index contributed by atoms with van der Waals surface area (Å²) in [7, 11) is 0. The largest absolute Gasteiger partial charge is 0.335 e. The molecule has 0 saturated carbocycles. The Labute approximate surface area is 77.6 Å². The maximum absolute atomic E-state index is 2.27. The van der Waals surface area contributed by atoms with E-state index >= 15 is 0 Å². The molecule has 0 rings (SSSR count). The first-order chi connectivity index (χ1) is 4.85. The highest BCUT2D eigenvalue weighted by Crippen LogP contribution is 1.71. The average Bonchev–Trinajstić information content (AvgIpc) is 1.90. The molecular weight excluding hydrogens is 158 g/mol. The van der Waals surface area contributed by atoms with Crippen LogP contribution in [0.4, 0.5) is 0 Å². The fraction of sp³-hybridized carbons (Fsp3) is 1.00. The molecule has 0 fully saturated rings. The fourth-order valence-electron chi connectivity index (χ4n) is 1.44. The second kappa shape index (κ2) is 10.2. The van der Waals surface area contributed by atoms with Crippen molar-refractivity contribution in [1.29, 1.82) is 0 Å². The van der Waals surface area contributed by atoms with Crippen molar-refractivity contribution in [2.45, 2.75) is 40.0 Å². The van der Waals surface area contributed by atoms with Crippen LogP contribution < -0.4 is 4.90 Å². The molecule has 0 saturated heterocycles. The first kappa shape index (κ1) is 13.8. The number of hydrogen-bond donors (Lipinski definition) is 1. The lowest BCUT2D eigenvalue weighted by Crippen LogP contribution is -3.11. The first-order valence-corrected chi connectivity index (χ1v) is 4.68. The third-order valence-corrected chi connectivity index (χ3v) is 1.81. The van der Waals surface area contributed by atoms with Crippen molar-refractivity contribution < 1.29 is 4.90 Å². The van der Waals surface area contributed by atoms with Crippen LogP contribution in [0.3, 0.4) is 0 Å². The van der Waals surface area contributed by atoms with E-state index in [0.717, 1.165) is 0 Å². The van der Waals surface area contributed by atoms with E-state index in [2.05, 4.69) is 20.8 Å². The molecule has 0 aliphatic rings. The molecule has 0 aromatic carbocycles. The summed E-state index contributed by atoms with van der Waals surface area (Å²) >= 11 is 0. The number of quaternary nitrogens is 1. The van der Waals surface area contributed by atoms with Crippen LogP contribution in [0.2, 0.25) is 0 Å². The minimum absolute atomic E-state index is 0. The second-order valence-electron chi connectivity index (χ2n) is 3.00. The van der Waals surface area contributed by atoms with Gasteiger partial charge in [0.05, 0.1) is 19.6 Å². The third-order valence-electron chi connectivity index (χ3n) is 1.81. The first-order valence-electron chi connectivity index (χ1n) is 4.68. The van der Waals surface area contributed by atoms with Gasteiger partial charge in [0.1, 0.15) is 0 Å². The van der Waals surface area contributed by atoms with Crippen LogP contribution in [0.15, 0.2) is 0 Å². The molecule has 0 bridgehead atoms. The van der Waals surface area contributed by atoms with E-state index in [1.165, 1.54) is 38.9 Å². The molecule has 0 heterocycles. The Morgan fingerprint density at radius 2 is 1.00 bits per heavy atom. The molecule has 0 aromatic rings. The zero-order valence-corrected chi connectivity index (χ0v) is 8.97. The highest BCUT2D eigenvalue weighted by molar-refractivity contribution is 5.85. The van der Waals surface area contributed by atoms with Gasteiger partial charge in [-0.25, -0.2) is 0 Å². The summed E-state index contributed by atoms with van der Waals surface area (Å²) in [5, 5.41) is 0. The van der Waals surface area contributed by atoms with Gasteiger partial charge in [0, 0.05) is 0 Å². The monoisotopic (exact) mass is 180 g/mol. The van der Waals surface area contributed by atoms with Gasteiger partial charge in [-0.1, -0.05) is 20.8 Å². The normalized spacial score (nSPS) is 9.82. The van der Waals surface area contributed by atoms with Crippen LogP contribution in [0.5, 0.6) is 0 Å². The highest BCUT2D eigenvalue weighted by atomic mass is 35.5. The third kappa shape index (κ3) is 8.15. The van der Waals surface area contributed by atoms with E-state index < -0.39 is 0 Å². The molecule has 0 atom stereocenters. The van der Waals surface area contributed by atoms with Gasteiger partial charge in [-0.15, -0.1) is 12.4 Å². The van der Waals surface area contributed by atoms with E-state index in [1.807, 2.05) is 0 Å². The summed E-state index contributed by atoms with van der Waals surface area (Å²) in [6, 6.07) is 0. The quantitative estimate of drug-likeness (QED) is 0.633. The molecular formula is C9H23ClN+. The molecule has 2 heteroatoms. The Hall–Kier alpha value is 0.250. The lowest BCUT2D eigenvalue weighted by molar-refractivity contribution is -0.900. The summed E-state index contributed by atoms with van der Waals surface area (Å²) in [6.45, 7) is 10.9. The van der Waals surface area contributed by atoms with Crippen LogP contribution in [0, 0.1) is 0 Å². The van der Waals surface area contributed by atoms with Gasteiger partial charge < -0.3 is 4.90 Å². The number of rotatable bonds is 6. The molecule has 0 aromatic heterocycles. The van der Waals surface area contributed by atoms with Gasteiger partial charge >= 0.3 is 0 Å². The maximum atomic E-state index is 2.27. The fourth-order valence-corrected chi connectivity index (χ4v) is 1.44. The standard InChI is InChI=1S/C9H21N.ClH/c1-4-7-10(8-5-2)9-6-3;/h4-9H2,1-3H3;1H/p+1. The van der Waals surface area contributed by atoms with Gasteiger partial charge in [-0.2, -0.15) is 0 Å². The van der Waals surface area contributed by atoms with Crippen molar-refractivity contribution in [2.75, 3.05) is 19.6 Å². The summed E-state index contributed by atoms with van der Waals surface area (Å²) in [5.74, 6) is 0. The van der Waals surface area contributed by atoms with Gasteiger partial charge in [-0.05, 0) is 19.3 Å². The smallest absolute Gasteiger partial charge is 0.0768 e. The SMILES string of the molecule is CCC[NH+](CCC)CCC.Cl. The summed E-state index contributed by atoms with van der Waals surface area (Å²) in [4.78, 5) is 1.78. The zero-order chi connectivity index (χ0) is 7.82. The summed E-state index contributed by atoms with van der Waals surface area (Å²) in [6.07, 6.45) is 3.99. The molecule has 0 amide bonds. The molecule has 0 aliphatic heterocycles. The predicted molar refractivity (Wildman–Crippen MR) is 53.7 cm³/mol. The van der Waals surface area contributed by atoms with Crippen LogP contribution in [-0.4, -0.2) is 19.6 Å². The molecule has 0 aliphatic carbocycles. The molecule has 1 N–H and O–H groups in total. The Morgan fingerprint density at radius 1 is 0.727 bits per heavy atom. The van der Waals surface area contributed by atoms with E-state index in [4.69, 9.17) is 0 Å². The van der Waals surface area contributed by atoms with Crippen molar-refractivity contribution in [2.24, 2.45) is 0 Å². The number of halogens is 1. The maximum Gasteiger partial charge on any atom is 0.0768 e. The average molecular weight is 181 g/mol.